The molecule has 1 atom stereocenters. The standard InChI is InChI=1S/C16H24FNO3/c1-3-20-16(19)7-5-4-6-10-21-15-9-8-13(17)11-14(15)12(2)18/h8-9,11-12H,3-7,10,18H2,1-2H3/t12-/m1/s1. The minimum absolute atomic E-state index is 0.156. The monoisotopic (exact) mass is 297 g/mol. The molecule has 118 valence electrons. The van der Waals surface area contributed by atoms with Gasteiger partial charge in [0.1, 0.15) is 11.6 Å². The predicted molar refractivity (Wildman–Crippen MR) is 79.6 cm³/mol. The average Bonchev–Trinajstić information content (AvgIpc) is 2.44. The molecule has 0 aliphatic carbocycles. The fourth-order valence-corrected chi connectivity index (χ4v) is 1.97. The van der Waals surface area contributed by atoms with Gasteiger partial charge in [0.25, 0.3) is 0 Å². The first-order valence-electron chi connectivity index (χ1n) is 7.38. The lowest BCUT2D eigenvalue weighted by atomic mass is 10.1. The Kier molecular flexibility index (Phi) is 7.75. The summed E-state index contributed by atoms with van der Waals surface area (Å²) in [7, 11) is 0. The summed E-state index contributed by atoms with van der Waals surface area (Å²) in [6.45, 7) is 4.53. The maximum atomic E-state index is 13.2. The van der Waals surface area contributed by atoms with Crippen LogP contribution in [0.15, 0.2) is 18.2 Å². The Morgan fingerprint density at radius 1 is 1.33 bits per heavy atom. The van der Waals surface area contributed by atoms with Crippen molar-refractivity contribution in [3.63, 3.8) is 0 Å². The van der Waals surface area contributed by atoms with Gasteiger partial charge in [-0.2, -0.15) is 0 Å². The zero-order valence-corrected chi connectivity index (χ0v) is 12.7. The van der Waals surface area contributed by atoms with Crippen molar-refractivity contribution in [2.75, 3.05) is 13.2 Å². The van der Waals surface area contributed by atoms with E-state index >= 15 is 0 Å². The summed E-state index contributed by atoms with van der Waals surface area (Å²) in [4.78, 5) is 11.1. The topological polar surface area (TPSA) is 61.5 Å². The van der Waals surface area contributed by atoms with Gasteiger partial charge in [0, 0.05) is 18.0 Å². The van der Waals surface area contributed by atoms with Crippen LogP contribution in [0.25, 0.3) is 0 Å². The van der Waals surface area contributed by atoms with Crippen molar-refractivity contribution in [2.24, 2.45) is 5.73 Å². The van der Waals surface area contributed by atoms with Crippen molar-refractivity contribution in [3.05, 3.63) is 29.6 Å². The van der Waals surface area contributed by atoms with Gasteiger partial charge in [-0.1, -0.05) is 0 Å². The van der Waals surface area contributed by atoms with E-state index in [2.05, 4.69) is 0 Å². The lowest BCUT2D eigenvalue weighted by Gasteiger charge is -2.14. The van der Waals surface area contributed by atoms with Crippen LogP contribution in [0.4, 0.5) is 4.39 Å². The van der Waals surface area contributed by atoms with E-state index in [0.717, 1.165) is 19.3 Å². The second kappa shape index (κ2) is 9.34. The van der Waals surface area contributed by atoms with E-state index in [1.54, 1.807) is 19.9 Å². The third-order valence-corrected chi connectivity index (χ3v) is 3.05. The number of rotatable bonds is 9. The van der Waals surface area contributed by atoms with E-state index in [9.17, 15) is 9.18 Å². The highest BCUT2D eigenvalue weighted by atomic mass is 19.1. The first-order chi connectivity index (χ1) is 10.0. The minimum atomic E-state index is -0.316. The highest BCUT2D eigenvalue weighted by Gasteiger charge is 2.09. The van der Waals surface area contributed by atoms with Crippen LogP contribution in [0.2, 0.25) is 0 Å². The van der Waals surface area contributed by atoms with E-state index in [1.165, 1.54) is 12.1 Å². The van der Waals surface area contributed by atoms with Crippen molar-refractivity contribution in [2.45, 2.75) is 45.6 Å². The van der Waals surface area contributed by atoms with Gasteiger partial charge in [0.15, 0.2) is 0 Å². The lowest BCUT2D eigenvalue weighted by Crippen LogP contribution is -2.09. The number of ether oxygens (including phenoxy) is 2. The number of carbonyl (C=O) groups is 1. The molecule has 0 fully saturated rings. The van der Waals surface area contributed by atoms with E-state index < -0.39 is 0 Å². The van der Waals surface area contributed by atoms with Crippen LogP contribution in [0, 0.1) is 5.82 Å². The highest BCUT2D eigenvalue weighted by molar-refractivity contribution is 5.69. The maximum absolute atomic E-state index is 13.2. The van der Waals surface area contributed by atoms with Gasteiger partial charge in [-0.3, -0.25) is 4.79 Å². The molecule has 0 saturated carbocycles. The second-order valence-electron chi connectivity index (χ2n) is 4.93. The summed E-state index contributed by atoms with van der Waals surface area (Å²) < 4.78 is 23.7. The van der Waals surface area contributed by atoms with Crippen molar-refractivity contribution in [3.8, 4) is 5.75 Å². The van der Waals surface area contributed by atoms with Crippen LogP contribution in [0.1, 0.15) is 51.1 Å². The number of nitrogens with two attached hydrogens (primary N) is 1. The van der Waals surface area contributed by atoms with Crippen molar-refractivity contribution in [1.82, 2.24) is 0 Å². The predicted octanol–water partition coefficient (Wildman–Crippen LogP) is 3.35. The number of hydrogen-bond donors (Lipinski definition) is 1. The zero-order chi connectivity index (χ0) is 15.7. The molecule has 1 aromatic rings. The third kappa shape index (κ3) is 6.58. The van der Waals surface area contributed by atoms with Gasteiger partial charge in [0.05, 0.1) is 13.2 Å². The molecule has 0 unspecified atom stereocenters. The molecule has 0 radical (unpaired) electrons. The summed E-state index contributed by atoms with van der Waals surface area (Å²) in [6.07, 6.45) is 2.93. The number of carbonyl (C=O) groups excluding carboxylic acids is 1. The molecule has 0 heterocycles. The fourth-order valence-electron chi connectivity index (χ4n) is 1.97. The highest BCUT2D eigenvalue weighted by Crippen LogP contribution is 2.25. The molecule has 4 nitrogen and oxygen atoms in total. The van der Waals surface area contributed by atoms with Crippen LogP contribution < -0.4 is 10.5 Å². The maximum Gasteiger partial charge on any atom is 0.305 e. The molecule has 21 heavy (non-hydrogen) atoms. The fraction of sp³-hybridized carbons (Fsp3) is 0.562. The van der Waals surface area contributed by atoms with Gasteiger partial charge in [-0.05, 0) is 51.3 Å². The summed E-state index contributed by atoms with van der Waals surface area (Å²) in [6, 6.07) is 4.09. The molecular formula is C16H24FNO3. The molecular weight excluding hydrogens is 273 g/mol. The number of esters is 1. The Hall–Kier alpha value is -1.62. The quantitative estimate of drug-likeness (QED) is 0.561. The lowest BCUT2D eigenvalue weighted by molar-refractivity contribution is -0.143. The number of hydrogen-bond acceptors (Lipinski definition) is 4. The molecule has 5 heteroatoms. The van der Waals surface area contributed by atoms with Crippen LogP contribution in [0.3, 0.4) is 0 Å². The minimum Gasteiger partial charge on any atom is -0.493 e. The van der Waals surface area contributed by atoms with Crippen LogP contribution in [0.5, 0.6) is 5.75 Å². The van der Waals surface area contributed by atoms with Gasteiger partial charge in [-0.15, -0.1) is 0 Å². The molecule has 0 bridgehead atoms. The molecule has 1 rings (SSSR count). The van der Waals surface area contributed by atoms with Gasteiger partial charge < -0.3 is 15.2 Å². The number of benzene rings is 1. The van der Waals surface area contributed by atoms with E-state index in [1.807, 2.05) is 0 Å². The Labute approximate surface area is 125 Å². The van der Waals surface area contributed by atoms with Crippen molar-refractivity contribution >= 4 is 5.97 Å². The summed E-state index contributed by atoms with van der Waals surface area (Å²) >= 11 is 0. The van der Waals surface area contributed by atoms with Crippen LogP contribution in [-0.2, 0) is 9.53 Å². The van der Waals surface area contributed by atoms with Gasteiger partial charge in [0.2, 0.25) is 0 Å². The largest absolute Gasteiger partial charge is 0.493 e. The zero-order valence-electron chi connectivity index (χ0n) is 12.7. The first kappa shape index (κ1) is 17.4. The van der Waals surface area contributed by atoms with Crippen LogP contribution >= 0.6 is 0 Å². The number of halogens is 1. The molecule has 2 N–H and O–H groups in total. The first-order valence-corrected chi connectivity index (χ1v) is 7.38. The van der Waals surface area contributed by atoms with Crippen LogP contribution in [-0.4, -0.2) is 19.2 Å². The molecule has 1 aromatic carbocycles. The molecule has 0 aromatic heterocycles. The molecule has 0 spiro atoms. The van der Waals surface area contributed by atoms with E-state index in [0.29, 0.717) is 30.9 Å². The van der Waals surface area contributed by atoms with Crippen molar-refractivity contribution in [1.29, 1.82) is 0 Å². The second-order valence-corrected chi connectivity index (χ2v) is 4.93. The summed E-state index contributed by atoms with van der Waals surface area (Å²) in [5.74, 6) is 0.150. The number of unbranched alkanes of at least 4 members (excludes halogenated alkanes) is 2. The molecule has 0 aliphatic heterocycles. The average molecular weight is 297 g/mol. The molecule has 0 amide bonds. The summed E-state index contributed by atoms with van der Waals surface area (Å²) in [5.41, 5.74) is 6.47. The van der Waals surface area contributed by atoms with E-state index in [4.69, 9.17) is 15.2 Å². The molecule has 0 aliphatic rings. The van der Waals surface area contributed by atoms with E-state index in [-0.39, 0.29) is 17.8 Å². The smallest absolute Gasteiger partial charge is 0.305 e. The van der Waals surface area contributed by atoms with Crippen molar-refractivity contribution < 1.29 is 18.7 Å². The van der Waals surface area contributed by atoms with Gasteiger partial charge >= 0.3 is 5.97 Å². The summed E-state index contributed by atoms with van der Waals surface area (Å²) in [5, 5.41) is 0. The Balaban J connectivity index is 2.28. The Morgan fingerprint density at radius 2 is 2.10 bits per heavy atom. The Bertz CT molecular complexity index is 449. The SMILES string of the molecule is CCOC(=O)CCCCCOc1ccc(F)cc1[C@@H](C)N. The van der Waals surface area contributed by atoms with Gasteiger partial charge in [-0.25, -0.2) is 4.39 Å². The Morgan fingerprint density at radius 3 is 2.76 bits per heavy atom. The third-order valence-electron chi connectivity index (χ3n) is 3.05. The normalized spacial score (nSPS) is 12.0. The molecule has 0 saturated heterocycles.